The lowest BCUT2D eigenvalue weighted by Crippen LogP contribution is -2.43. The van der Waals surface area contributed by atoms with Crippen LogP contribution in [0.3, 0.4) is 0 Å². The number of halogens is 1. The van der Waals surface area contributed by atoms with Gasteiger partial charge in [0.2, 0.25) is 0 Å². The maximum Gasteiger partial charge on any atom is 0.159 e. The van der Waals surface area contributed by atoms with Gasteiger partial charge in [0.15, 0.2) is 5.82 Å². The average molecular weight is 431 g/mol. The van der Waals surface area contributed by atoms with Gasteiger partial charge >= 0.3 is 0 Å². The van der Waals surface area contributed by atoms with Crippen LogP contribution in [0.1, 0.15) is 18.4 Å². The summed E-state index contributed by atoms with van der Waals surface area (Å²) >= 11 is 0. The Hall–Kier alpha value is -3.32. The van der Waals surface area contributed by atoms with E-state index >= 15 is 0 Å². The van der Waals surface area contributed by atoms with Crippen LogP contribution in [0.4, 0.5) is 10.2 Å². The Morgan fingerprint density at radius 1 is 0.969 bits per heavy atom. The highest BCUT2D eigenvalue weighted by Crippen LogP contribution is 2.32. The van der Waals surface area contributed by atoms with Crippen LogP contribution in [0.2, 0.25) is 0 Å². The monoisotopic (exact) mass is 430 g/mol. The van der Waals surface area contributed by atoms with Crippen molar-refractivity contribution in [1.82, 2.24) is 24.9 Å². The lowest BCUT2D eigenvalue weighted by molar-refractivity contribution is 0.198. The van der Waals surface area contributed by atoms with E-state index < -0.39 is 0 Å². The lowest BCUT2D eigenvalue weighted by Gasteiger charge is -2.37. The first-order chi connectivity index (χ1) is 15.6. The van der Waals surface area contributed by atoms with Crippen molar-refractivity contribution in [2.75, 3.05) is 25.0 Å². The number of piperidine rings is 1. The first kappa shape index (κ1) is 20.6. The number of hydrogen-bond donors (Lipinski definition) is 0. The molecule has 1 fully saturated rings. The topological polar surface area (TPSA) is 50.1 Å². The molecule has 32 heavy (non-hydrogen) atoms. The third kappa shape index (κ3) is 3.84. The van der Waals surface area contributed by atoms with Gasteiger partial charge in [-0.25, -0.2) is 4.39 Å². The molecule has 0 radical (unpaired) electrons. The van der Waals surface area contributed by atoms with Crippen LogP contribution < -0.4 is 4.90 Å². The summed E-state index contributed by atoms with van der Waals surface area (Å²) in [6, 6.07) is 17.7. The molecule has 0 spiro atoms. The van der Waals surface area contributed by atoms with E-state index in [1.807, 2.05) is 36.0 Å². The summed E-state index contributed by atoms with van der Waals surface area (Å²) in [6.45, 7) is 2.42. The SMILES string of the molecule is CN(Cc1ccccc1F)C1CCN(c2nnc(-c3ccnn3C)c3ccccc23)CC1. The summed E-state index contributed by atoms with van der Waals surface area (Å²) in [4.78, 5) is 4.60. The van der Waals surface area contributed by atoms with E-state index in [0.29, 0.717) is 12.6 Å². The van der Waals surface area contributed by atoms with Crippen LogP contribution in [0.25, 0.3) is 22.2 Å². The Morgan fingerprint density at radius 3 is 2.41 bits per heavy atom. The number of aryl methyl sites for hydroxylation is 1. The van der Waals surface area contributed by atoms with Crippen molar-refractivity contribution in [2.24, 2.45) is 7.05 Å². The van der Waals surface area contributed by atoms with E-state index in [2.05, 4.69) is 50.3 Å². The van der Waals surface area contributed by atoms with Crippen LogP contribution in [-0.4, -0.2) is 51.1 Å². The normalized spacial score (nSPS) is 15.1. The van der Waals surface area contributed by atoms with Crippen molar-refractivity contribution in [3.63, 3.8) is 0 Å². The Bertz CT molecular complexity index is 1230. The molecule has 2 aromatic carbocycles. The average Bonchev–Trinajstić information content (AvgIpc) is 3.25. The molecule has 1 aliphatic heterocycles. The predicted molar refractivity (Wildman–Crippen MR) is 125 cm³/mol. The van der Waals surface area contributed by atoms with Crippen LogP contribution in [0.15, 0.2) is 60.8 Å². The second kappa shape index (κ2) is 8.67. The molecule has 2 aromatic heterocycles. The molecule has 0 N–H and O–H groups in total. The highest BCUT2D eigenvalue weighted by molar-refractivity contribution is 5.99. The zero-order valence-corrected chi connectivity index (χ0v) is 18.4. The number of anilines is 1. The number of aromatic nitrogens is 4. The molecule has 4 aromatic rings. The molecule has 5 rings (SSSR count). The largest absolute Gasteiger partial charge is 0.354 e. The number of fused-ring (bicyclic) bond motifs is 1. The van der Waals surface area contributed by atoms with Crippen LogP contribution >= 0.6 is 0 Å². The predicted octanol–water partition coefficient (Wildman–Crippen LogP) is 4.27. The molecule has 6 nitrogen and oxygen atoms in total. The molecule has 0 saturated carbocycles. The standard InChI is InChI=1S/C25H27FN6/c1-30(17-18-7-3-6-10-22(18)26)19-12-15-32(16-13-19)25-21-9-5-4-8-20(21)24(28-29-25)23-11-14-27-31(23)2/h3-11,14,19H,12-13,15-17H2,1-2H3. The summed E-state index contributed by atoms with van der Waals surface area (Å²) < 4.78 is 15.9. The Balaban J connectivity index is 1.34. The van der Waals surface area contributed by atoms with Crippen LogP contribution in [-0.2, 0) is 13.6 Å². The van der Waals surface area contributed by atoms with Gasteiger partial charge in [-0.2, -0.15) is 5.10 Å². The zero-order chi connectivity index (χ0) is 22.1. The molecule has 3 heterocycles. The highest BCUT2D eigenvalue weighted by Gasteiger charge is 2.25. The second-order valence-electron chi connectivity index (χ2n) is 8.48. The summed E-state index contributed by atoms with van der Waals surface area (Å²) in [5.74, 6) is 0.800. The number of nitrogens with zero attached hydrogens (tertiary/aromatic N) is 6. The van der Waals surface area contributed by atoms with E-state index in [1.54, 1.807) is 12.3 Å². The van der Waals surface area contributed by atoms with Gasteiger partial charge in [-0.15, -0.1) is 10.2 Å². The fraction of sp³-hybridized carbons (Fsp3) is 0.320. The minimum Gasteiger partial charge on any atom is -0.354 e. The van der Waals surface area contributed by atoms with Crippen molar-refractivity contribution in [3.05, 3.63) is 72.2 Å². The Morgan fingerprint density at radius 2 is 1.69 bits per heavy atom. The van der Waals surface area contributed by atoms with Crippen molar-refractivity contribution in [1.29, 1.82) is 0 Å². The van der Waals surface area contributed by atoms with Crippen molar-refractivity contribution < 1.29 is 4.39 Å². The van der Waals surface area contributed by atoms with Gasteiger partial charge < -0.3 is 4.90 Å². The molecule has 0 unspecified atom stereocenters. The lowest BCUT2D eigenvalue weighted by atomic mass is 10.0. The first-order valence-corrected chi connectivity index (χ1v) is 11.0. The molecular weight excluding hydrogens is 403 g/mol. The third-order valence-electron chi connectivity index (χ3n) is 6.50. The highest BCUT2D eigenvalue weighted by atomic mass is 19.1. The van der Waals surface area contributed by atoms with Gasteiger partial charge in [-0.1, -0.05) is 42.5 Å². The first-order valence-electron chi connectivity index (χ1n) is 11.0. The Kier molecular flexibility index (Phi) is 5.57. The van der Waals surface area contributed by atoms with Crippen molar-refractivity contribution in [2.45, 2.75) is 25.4 Å². The number of hydrogen-bond acceptors (Lipinski definition) is 5. The molecule has 0 bridgehead atoms. The molecule has 0 atom stereocenters. The summed E-state index contributed by atoms with van der Waals surface area (Å²) in [5, 5.41) is 15.7. The van der Waals surface area contributed by atoms with E-state index in [0.717, 1.165) is 59.5 Å². The molecule has 1 saturated heterocycles. The maximum atomic E-state index is 14.1. The number of benzene rings is 2. The van der Waals surface area contributed by atoms with Gasteiger partial charge in [-0.05, 0) is 32.0 Å². The van der Waals surface area contributed by atoms with Crippen molar-refractivity contribution in [3.8, 4) is 11.4 Å². The van der Waals surface area contributed by atoms with Crippen molar-refractivity contribution >= 4 is 16.6 Å². The summed E-state index contributed by atoms with van der Waals surface area (Å²) in [6.07, 6.45) is 3.79. The second-order valence-corrected chi connectivity index (χ2v) is 8.48. The van der Waals surface area contributed by atoms with Gasteiger partial charge in [0.25, 0.3) is 0 Å². The fourth-order valence-electron chi connectivity index (χ4n) is 4.66. The molecule has 0 amide bonds. The van der Waals surface area contributed by atoms with Crippen LogP contribution in [0, 0.1) is 5.82 Å². The molecule has 164 valence electrons. The van der Waals surface area contributed by atoms with E-state index in [9.17, 15) is 4.39 Å². The summed E-state index contributed by atoms with van der Waals surface area (Å²) in [7, 11) is 4.01. The van der Waals surface area contributed by atoms with Gasteiger partial charge in [0, 0.05) is 55.3 Å². The van der Waals surface area contributed by atoms with Gasteiger partial charge in [0.05, 0.1) is 5.69 Å². The fourth-order valence-corrected chi connectivity index (χ4v) is 4.66. The smallest absolute Gasteiger partial charge is 0.159 e. The minimum atomic E-state index is -0.132. The van der Waals surface area contributed by atoms with E-state index in [-0.39, 0.29) is 5.82 Å². The maximum absolute atomic E-state index is 14.1. The quantitative estimate of drug-likeness (QED) is 0.473. The summed E-state index contributed by atoms with van der Waals surface area (Å²) in [5.41, 5.74) is 2.55. The third-order valence-corrected chi connectivity index (χ3v) is 6.50. The Labute approximate surface area is 187 Å². The minimum absolute atomic E-state index is 0.132. The van der Waals surface area contributed by atoms with Gasteiger partial charge in [0.1, 0.15) is 11.5 Å². The van der Waals surface area contributed by atoms with E-state index in [1.165, 1.54) is 6.07 Å². The van der Waals surface area contributed by atoms with Gasteiger partial charge in [-0.3, -0.25) is 9.58 Å². The van der Waals surface area contributed by atoms with Crippen LogP contribution in [0.5, 0.6) is 0 Å². The number of rotatable bonds is 5. The molecule has 0 aliphatic carbocycles. The molecular formula is C25H27FN6. The van der Waals surface area contributed by atoms with E-state index in [4.69, 9.17) is 0 Å². The zero-order valence-electron chi connectivity index (χ0n) is 18.4. The molecule has 1 aliphatic rings. The molecule has 7 heteroatoms.